The number of nitrogens with zero attached hydrogens (tertiary/aromatic N) is 2. The molecule has 0 fully saturated rings. The van der Waals surface area contributed by atoms with E-state index in [1.807, 2.05) is 78.3 Å². The molecule has 0 aliphatic carbocycles. The van der Waals surface area contributed by atoms with Gasteiger partial charge in [0.25, 0.3) is 5.91 Å². The fraction of sp³-hybridized carbons (Fsp3) is 0.143. The highest BCUT2D eigenvalue weighted by atomic mass is 16.5. The second kappa shape index (κ2) is 9.77. The molecule has 2 N–H and O–H groups in total. The highest BCUT2D eigenvalue weighted by Gasteiger charge is 2.28. The van der Waals surface area contributed by atoms with Crippen LogP contribution in [0, 0.1) is 0 Å². The second-order valence-electron chi connectivity index (χ2n) is 8.06. The van der Waals surface area contributed by atoms with Gasteiger partial charge in [0.15, 0.2) is 0 Å². The third-order valence-corrected chi connectivity index (χ3v) is 5.83. The number of ether oxygens (including phenoxy) is 2. The Labute approximate surface area is 204 Å². The number of nitrogens with one attached hydrogen (secondary N) is 2. The van der Waals surface area contributed by atoms with Crippen LogP contribution < -0.4 is 20.1 Å². The molecule has 0 radical (unpaired) electrons. The van der Waals surface area contributed by atoms with Crippen molar-refractivity contribution < 1.29 is 14.3 Å². The largest absolute Gasteiger partial charge is 0.497 e. The topological polar surface area (TPSA) is 77.4 Å². The van der Waals surface area contributed by atoms with Crippen LogP contribution in [0.1, 0.15) is 34.5 Å². The Hall–Kier alpha value is -4.52. The van der Waals surface area contributed by atoms with Crippen molar-refractivity contribution in [2.75, 3.05) is 24.4 Å². The fourth-order valence-corrected chi connectivity index (χ4v) is 4.11. The summed E-state index contributed by atoms with van der Waals surface area (Å²) in [5, 5.41) is 11.0. The van der Waals surface area contributed by atoms with E-state index in [4.69, 9.17) is 9.47 Å². The van der Waals surface area contributed by atoms with Crippen LogP contribution in [-0.4, -0.2) is 29.4 Å². The first-order valence-corrected chi connectivity index (χ1v) is 11.5. The number of aromatic nitrogens is 2. The van der Waals surface area contributed by atoms with Gasteiger partial charge in [0, 0.05) is 16.9 Å². The lowest BCUT2D eigenvalue weighted by molar-refractivity contribution is 0.102. The van der Waals surface area contributed by atoms with Crippen molar-refractivity contribution in [3.63, 3.8) is 0 Å². The molecular formula is C28H26N4O3. The average molecular weight is 467 g/mol. The molecule has 35 heavy (non-hydrogen) atoms. The van der Waals surface area contributed by atoms with Gasteiger partial charge in [-0.25, -0.2) is 4.68 Å². The summed E-state index contributed by atoms with van der Waals surface area (Å²) in [6, 6.07) is 25.0. The highest BCUT2D eigenvalue weighted by molar-refractivity contribution is 6.08. The molecule has 2 heterocycles. The fourth-order valence-electron chi connectivity index (χ4n) is 4.11. The molecule has 4 aromatic rings. The van der Waals surface area contributed by atoms with Crippen molar-refractivity contribution in [3.05, 3.63) is 108 Å². The number of benzene rings is 3. The van der Waals surface area contributed by atoms with Gasteiger partial charge in [-0.05, 0) is 55.0 Å². The number of carbonyl (C=O) groups excluding carboxylic acids is 1. The summed E-state index contributed by atoms with van der Waals surface area (Å²) in [6.07, 6.45) is 3.71. The molecule has 0 unspecified atom stereocenters. The molecule has 1 aliphatic heterocycles. The minimum absolute atomic E-state index is 0.180. The number of hydrogen-bond donors (Lipinski definition) is 2. The summed E-state index contributed by atoms with van der Waals surface area (Å²) in [6.45, 7) is 2.52. The molecule has 0 saturated carbocycles. The molecule has 0 saturated heterocycles. The Kier molecular flexibility index (Phi) is 6.22. The number of anilines is 2. The first-order chi connectivity index (χ1) is 17.2. The molecule has 1 atom stereocenters. The van der Waals surface area contributed by atoms with Gasteiger partial charge >= 0.3 is 0 Å². The van der Waals surface area contributed by atoms with Gasteiger partial charge in [0.05, 0.1) is 26.0 Å². The SMILES string of the molecule is CCOc1ccc(NC(=O)c2cnn3c2NC(c2cccc(OC)c2)=C[C@@H]3c2ccccc2)cc1. The molecule has 0 bridgehead atoms. The Bertz CT molecular complexity index is 1360. The number of methoxy groups -OCH3 is 1. The van der Waals surface area contributed by atoms with Crippen molar-refractivity contribution in [3.8, 4) is 11.5 Å². The predicted molar refractivity (Wildman–Crippen MR) is 137 cm³/mol. The summed E-state index contributed by atoms with van der Waals surface area (Å²) in [4.78, 5) is 13.3. The zero-order chi connectivity index (χ0) is 24.2. The van der Waals surface area contributed by atoms with Crippen LogP contribution in [0.25, 0.3) is 5.70 Å². The summed E-state index contributed by atoms with van der Waals surface area (Å²) < 4.78 is 12.7. The molecule has 176 valence electrons. The minimum Gasteiger partial charge on any atom is -0.497 e. The summed E-state index contributed by atoms with van der Waals surface area (Å²) in [7, 11) is 1.65. The van der Waals surface area contributed by atoms with E-state index in [2.05, 4.69) is 33.9 Å². The van der Waals surface area contributed by atoms with Crippen molar-refractivity contribution in [2.24, 2.45) is 0 Å². The van der Waals surface area contributed by atoms with Crippen LogP contribution in [0.2, 0.25) is 0 Å². The maximum Gasteiger partial charge on any atom is 0.261 e. The van der Waals surface area contributed by atoms with E-state index in [9.17, 15) is 4.79 Å². The molecule has 1 amide bonds. The number of hydrogen-bond acceptors (Lipinski definition) is 5. The summed E-state index contributed by atoms with van der Waals surface area (Å²) in [5.41, 5.74) is 4.03. The molecule has 5 rings (SSSR count). The Morgan fingerprint density at radius 3 is 2.57 bits per heavy atom. The predicted octanol–water partition coefficient (Wildman–Crippen LogP) is 5.60. The minimum atomic E-state index is -0.249. The summed E-state index contributed by atoms with van der Waals surface area (Å²) >= 11 is 0. The van der Waals surface area contributed by atoms with Crippen LogP contribution in [0.4, 0.5) is 11.5 Å². The van der Waals surface area contributed by atoms with Crippen LogP contribution in [0.15, 0.2) is 91.1 Å². The standard InChI is InChI=1S/C28H26N4O3/c1-3-35-22-14-12-21(13-15-22)30-28(33)24-18-29-32-26(19-8-5-4-6-9-19)17-25(31-27(24)32)20-10-7-11-23(16-20)34-2/h4-18,26,31H,3H2,1-2H3,(H,30,33)/t26-/m1/s1. The smallest absolute Gasteiger partial charge is 0.261 e. The number of allylic oxidation sites excluding steroid dienone is 1. The maximum atomic E-state index is 13.3. The van der Waals surface area contributed by atoms with Crippen molar-refractivity contribution in [2.45, 2.75) is 13.0 Å². The van der Waals surface area contributed by atoms with Crippen molar-refractivity contribution in [1.82, 2.24) is 9.78 Å². The lowest BCUT2D eigenvalue weighted by Gasteiger charge is -2.26. The van der Waals surface area contributed by atoms with Gasteiger partial charge in [0.1, 0.15) is 22.9 Å². The van der Waals surface area contributed by atoms with E-state index < -0.39 is 0 Å². The van der Waals surface area contributed by atoms with Crippen LogP contribution in [-0.2, 0) is 0 Å². The molecule has 1 aliphatic rings. The van der Waals surface area contributed by atoms with E-state index in [1.54, 1.807) is 13.3 Å². The highest BCUT2D eigenvalue weighted by Crippen LogP contribution is 2.36. The third kappa shape index (κ3) is 4.61. The molecule has 1 aromatic heterocycles. The number of amides is 1. The third-order valence-electron chi connectivity index (χ3n) is 5.83. The van der Waals surface area contributed by atoms with Crippen LogP contribution in [0.5, 0.6) is 11.5 Å². The van der Waals surface area contributed by atoms with Gasteiger partial charge < -0.3 is 20.1 Å². The van der Waals surface area contributed by atoms with E-state index in [0.717, 1.165) is 28.3 Å². The Morgan fingerprint density at radius 2 is 1.83 bits per heavy atom. The van der Waals surface area contributed by atoms with E-state index >= 15 is 0 Å². The van der Waals surface area contributed by atoms with Crippen molar-refractivity contribution in [1.29, 1.82) is 0 Å². The monoisotopic (exact) mass is 466 g/mol. The van der Waals surface area contributed by atoms with E-state index in [-0.39, 0.29) is 11.9 Å². The van der Waals surface area contributed by atoms with Gasteiger partial charge in [-0.1, -0.05) is 42.5 Å². The lowest BCUT2D eigenvalue weighted by atomic mass is 10.0. The van der Waals surface area contributed by atoms with Crippen LogP contribution >= 0.6 is 0 Å². The number of carbonyl (C=O) groups is 1. The molecule has 7 nitrogen and oxygen atoms in total. The van der Waals surface area contributed by atoms with Crippen molar-refractivity contribution >= 4 is 23.1 Å². The molecular weight excluding hydrogens is 440 g/mol. The normalized spacial score (nSPS) is 14.3. The van der Waals surface area contributed by atoms with Gasteiger partial charge in [-0.2, -0.15) is 5.10 Å². The van der Waals surface area contributed by atoms with E-state index in [0.29, 0.717) is 23.7 Å². The first kappa shape index (κ1) is 22.3. The first-order valence-electron chi connectivity index (χ1n) is 11.5. The van der Waals surface area contributed by atoms with E-state index in [1.165, 1.54) is 0 Å². The maximum absolute atomic E-state index is 13.3. The second-order valence-corrected chi connectivity index (χ2v) is 8.06. The van der Waals surface area contributed by atoms with Crippen LogP contribution in [0.3, 0.4) is 0 Å². The average Bonchev–Trinajstić information content (AvgIpc) is 3.34. The zero-order valence-corrected chi connectivity index (χ0v) is 19.6. The quantitative estimate of drug-likeness (QED) is 0.371. The Balaban J connectivity index is 1.49. The molecule has 0 spiro atoms. The summed E-state index contributed by atoms with van der Waals surface area (Å²) in [5.74, 6) is 1.90. The number of fused-ring (bicyclic) bond motifs is 1. The molecule has 7 heteroatoms. The van der Waals surface area contributed by atoms with Gasteiger partial charge in [-0.15, -0.1) is 0 Å². The Morgan fingerprint density at radius 1 is 1.03 bits per heavy atom. The zero-order valence-electron chi connectivity index (χ0n) is 19.6. The number of rotatable bonds is 7. The van der Waals surface area contributed by atoms with Gasteiger partial charge in [0.2, 0.25) is 0 Å². The lowest BCUT2D eigenvalue weighted by Crippen LogP contribution is -2.22. The van der Waals surface area contributed by atoms with Gasteiger partial charge in [-0.3, -0.25) is 4.79 Å². The molecule has 3 aromatic carbocycles.